The zero-order valence-corrected chi connectivity index (χ0v) is 13.5. The molecule has 0 spiro atoms. The molecule has 0 aliphatic heterocycles. The second kappa shape index (κ2) is 8.69. The molecule has 1 heterocycles. The van der Waals surface area contributed by atoms with Crippen molar-refractivity contribution in [2.24, 2.45) is 4.99 Å². The zero-order valence-electron chi connectivity index (χ0n) is 13.5. The molecule has 0 saturated carbocycles. The van der Waals surface area contributed by atoms with Gasteiger partial charge in [0.05, 0.1) is 12.8 Å². The number of guanidine groups is 1. The van der Waals surface area contributed by atoms with E-state index >= 15 is 0 Å². The number of aliphatic imine (C=N–C) groups is 1. The first-order chi connectivity index (χ1) is 9.95. The first-order valence-electron chi connectivity index (χ1n) is 7.39. The van der Waals surface area contributed by atoms with E-state index in [2.05, 4.69) is 34.6 Å². The van der Waals surface area contributed by atoms with E-state index in [9.17, 15) is 5.11 Å². The molecule has 1 unspecified atom stereocenters. The van der Waals surface area contributed by atoms with Crippen molar-refractivity contribution in [2.45, 2.75) is 25.9 Å². The molecule has 0 aliphatic rings. The topological polar surface area (TPSA) is 73.0 Å². The minimum atomic E-state index is -1.10. The van der Waals surface area contributed by atoms with Gasteiger partial charge in [-0.3, -0.25) is 0 Å². The van der Waals surface area contributed by atoms with Gasteiger partial charge in [0, 0.05) is 13.1 Å². The van der Waals surface area contributed by atoms with Crippen molar-refractivity contribution in [3.05, 3.63) is 24.2 Å². The maximum atomic E-state index is 10.4. The predicted molar refractivity (Wildman–Crippen MR) is 85.4 cm³/mol. The first kappa shape index (κ1) is 17.5. The third-order valence-corrected chi connectivity index (χ3v) is 3.02. The van der Waals surface area contributed by atoms with Crippen LogP contribution in [0.2, 0.25) is 0 Å². The first-order valence-corrected chi connectivity index (χ1v) is 7.39. The summed E-state index contributed by atoms with van der Waals surface area (Å²) in [5, 5.41) is 16.8. The Bertz CT molecular complexity index is 413. The summed E-state index contributed by atoms with van der Waals surface area (Å²) in [5.74, 6) is 1.23. The van der Waals surface area contributed by atoms with Crippen LogP contribution in [-0.4, -0.2) is 56.2 Å². The van der Waals surface area contributed by atoms with Crippen molar-refractivity contribution in [1.29, 1.82) is 0 Å². The minimum Gasteiger partial charge on any atom is -0.466 e. The molecule has 1 aromatic rings. The van der Waals surface area contributed by atoms with Gasteiger partial charge in [-0.1, -0.05) is 0 Å². The molecule has 0 radical (unpaired) electrons. The number of aliphatic hydroxyl groups is 1. The lowest BCUT2D eigenvalue weighted by Gasteiger charge is -2.19. The van der Waals surface area contributed by atoms with E-state index in [4.69, 9.17) is 4.42 Å². The average molecular weight is 296 g/mol. The number of hydrogen-bond donors (Lipinski definition) is 3. The van der Waals surface area contributed by atoms with Crippen LogP contribution in [0, 0.1) is 0 Å². The lowest BCUT2D eigenvalue weighted by molar-refractivity contribution is 0.0437. The SMILES string of the molecule is CCNC(=NCC(C)(O)c1ccco1)NCCCN(C)C. The fourth-order valence-corrected chi connectivity index (χ4v) is 1.84. The minimum absolute atomic E-state index is 0.240. The van der Waals surface area contributed by atoms with Gasteiger partial charge >= 0.3 is 0 Å². The van der Waals surface area contributed by atoms with Crippen LogP contribution >= 0.6 is 0 Å². The van der Waals surface area contributed by atoms with E-state index in [1.165, 1.54) is 0 Å². The molecule has 1 aromatic heterocycles. The number of nitrogens with zero attached hydrogens (tertiary/aromatic N) is 2. The smallest absolute Gasteiger partial charge is 0.191 e. The van der Waals surface area contributed by atoms with Crippen molar-refractivity contribution < 1.29 is 9.52 Å². The van der Waals surface area contributed by atoms with Crippen LogP contribution in [-0.2, 0) is 5.60 Å². The van der Waals surface area contributed by atoms with Gasteiger partial charge in [-0.25, -0.2) is 4.99 Å². The number of rotatable bonds is 8. The molecule has 120 valence electrons. The van der Waals surface area contributed by atoms with Crippen LogP contribution in [0.15, 0.2) is 27.8 Å². The number of hydrogen-bond acceptors (Lipinski definition) is 4. The Hall–Kier alpha value is -1.53. The third kappa shape index (κ3) is 6.64. The summed E-state index contributed by atoms with van der Waals surface area (Å²) < 4.78 is 5.25. The summed E-state index contributed by atoms with van der Waals surface area (Å²) in [5.41, 5.74) is -1.10. The second-order valence-electron chi connectivity index (χ2n) is 5.53. The molecule has 6 heteroatoms. The number of furan rings is 1. The highest BCUT2D eigenvalue weighted by Crippen LogP contribution is 2.20. The Labute approximate surface area is 127 Å². The average Bonchev–Trinajstić information content (AvgIpc) is 2.95. The van der Waals surface area contributed by atoms with E-state index < -0.39 is 5.60 Å². The van der Waals surface area contributed by atoms with Crippen molar-refractivity contribution in [2.75, 3.05) is 40.3 Å². The fraction of sp³-hybridized carbons (Fsp3) is 0.667. The van der Waals surface area contributed by atoms with Gasteiger partial charge in [0.1, 0.15) is 11.4 Å². The van der Waals surface area contributed by atoms with Crippen LogP contribution in [0.3, 0.4) is 0 Å². The largest absolute Gasteiger partial charge is 0.466 e. The lowest BCUT2D eigenvalue weighted by Crippen LogP contribution is -2.39. The van der Waals surface area contributed by atoms with E-state index in [-0.39, 0.29) is 6.54 Å². The van der Waals surface area contributed by atoms with Gasteiger partial charge in [0.15, 0.2) is 5.96 Å². The Morgan fingerprint density at radius 1 is 1.43 bits per heavy atom. The van der Waals surface area contributed by atoms with Crippen LogP contribution in [0.4, 0.5) is 0 Å². The van der Waals surface area contributed by atoms with Crippen molar-refractivity contribution in [3.63, 3.8) is 0 Å². The number of nitrogens with one attached hydrogen (secondary N) is 2. The summed E-state index contributed by atoms with van der Waals surface area (Å²) >= 11 is 0. The molecule has 0 aliphatic carbocycles. The Kier molecular flexibility index (Phi) is 7.25. The van der Waals surface area contributed by atoms with E-state index in [0.717, 1.165) is 26.1 Å². The van der Waals surface area contributed by atoms with Crippen LogP contribution < -0.4 is 10.6 Å². The summed E-state index contributed by atoms with van der Waals surface area (Å²) in [6.45, 7) is 6.60. The standard InChI is InChI=1S/C15H28N4O2/c1-5-16-14(17-9-7-10-19(3)4)18-12-15(2,20)13-8-6-11-21-13/h6,8,11,20H,5,7,9-10,12H2,1-4H3,(H2,16,17,18). The van der Waals surface area contributed by atoms with Gasteiger partial charge in [0.25, 0.3) is 0 Å². The lowest BCUT2D eigenvalue weighted by atomic mass is 10.0. The van der Waals surface area contributed by atoms with Crippen molar-refractivity contribution in [1.82, 2.24) is 15.5 Å². The molecule has 3 N–H and O–H groups in total. The monoisotopic (exact) mass is 296 g/mol. The van der Waals surface area contributed by atoms with Crippen molar-refractivity contribution >= 4 is 5.96 Å². The van der Waals surface area contributed by atoms with E-state index in [1.54, 1.807) is 25.3 Å². The van der Waals surface area contributed by atoms with Gasteiger partial charge in [0.2, 0.25) is 0 Å². The Balaban J connectivity index is 2.51. The van der Waals surface area contributed by atoms with E-state index in [0.29, 0.717) is 11.7 Å². The molecule has 6 nitrogen and oxygen atoms in total. The molecule has 1 atom stereocenters. The van der Waals surface area contributed by atoms with E-state index in [1.807, 2.05) is 6.92 Å². The second-order valence-corrected chi connectivity index (χ2v) is 5.53. The quantitative estimate of drug-likeness (QED) is 0.379. The molecule has 0 aromatic carbocycles. The molecular weight excluding hydrogens is 268 g/mol. The normalized spacial score (nSPS) is 15.0. The van der Waals surface area contributed by atoms with Crippen LogP contribution in [0.1, 0.15) is 26.0 Å². The van der Waals surface area contributed by atoms with Gasteiger partial charge in [-0.2, -0.15) is 0 Å². The maximum Gasteiger partial charge on any atom is 0.191 e. The third-order valence-electron chi connectivity index (χ3n) is 3.02. The predicted octanol–water partition coefficient (Wildman–Crippen LogP) is 0.994. The summed E-state index contributed by atoms with van der Waals surface area (Å²) in [6, 6.07) is 3.52. The Morgan fingerprint density at radius 2 is 2.19 bits per heavy atom. The van der Waals surface area contributed by atoms with Gasteiger partial charge in [-0.15, -0.1) is 0 Å². The molecule has 0 bridgehead atoms. The highest BCUT2D eigenvalue weighted by molar-refractivity contribution is 5.79. The van der Waals surface area contributed by atoms with Crippen molar-refractivity contribution in [3.8, 4) is 0 Å². The fourth-order valence-electron chi connectivity index (χ4n) is 1.84. The van der Waals surface area contributed by atoms with Gasteiger partial charge in [-0.05, 0) is 53.0 Å². The van der Waals surface area contributed by atoms with Crippen LogP contribution in [0.25, 0.3) is 0 Å². The molecule has 0 saturated heterocycles. The molecule has 21 heavy (non-hydrogen) atoms. The summed E-state index contributed by atoms with van der Waals surface area (Å²) in [7, 11) is 4.11. The highest BCUT2D eigenvalue weighted by atomic mass is 16.4. The maximum absolute atomic E-state index is 10.4. The van der Waals surface area contributed by atoms with Crippen LogP contribution in [0.5, 0.6) is 0 Å². The molecule has 0 amide bonds. The van der Waals surface area contributed by atoms with Gasteiger partial charge < -0.3 is 25.1 Å². The zero-order chi connectivity index (χ0) is 15.7. The Morgan fingerprint density at radius 3 is 2.76 bits per heavy atom. The summed E-state index contributed by atoms with van der Waals surface area (Å²) in [4.78, 5) is 6.57. The molecule has 1 rings (SSSR count). The molecular formula is C15H28N4O2. The highest BCUT2D eigenvalue weighted by Gasteiger charge is 2.25. The molecule has 0 fully saturated rings. The summed E-state index contributed by atoms with van der Waals surface area (Å²) in [6.07, 6.45) is 2.59.